The summed E-state index contributed by atoms with van der Waals surface area (Å²) in [5.41, 5.74) is 0.0234. The van der Waals surface area contributed by atoms with Gasteiger partial charge in [0.15, 0.2) is 5.82 Å². The van der Waals surface area contributed by atoms with Gasteiger partial charge in [-0.3, -0.25) is 0 Å². The molecule has 5 heteroatoms. The van der Waals surface area contributed by atoms with Gasteiger partial charge in [-0.05, 0) is 41.1 Å². The normalized spacial score (nSPS) is 10.3. The first-order chi connectivity index (χ1) is 7.16. The highest BCUT2D eigenvalue weighted by Crippen LogP contribution is 2.15. The number of hydrogen-bond acceptors (Lipinski definition) is 2. The predicted molar refractivity (Wildman–Crippen MR) is 68.8 cm³/mol. The smallest absolute Gasteiger partial charge is 0.341 e. The minimum Gasteiger partial charge on any atom is -0.462 e. The van der Waals surface area contributed by atoms with E-state index in [0.29, 0.717) is 10.2 Å². The Labute approximate surface area is 105 Å². The predicted octanol–water partition coefficient (Wildman–Crippen LogP) is 1.76. The van der Waals surface area contributed by atoms with Crippen molar-refractivity contribution in [3.05, 3.63) is 33.1 Å². The fourth-order valence-electron chi connectivity index (χ4n) is 1.05. The molecular formula is C10H12FIO2Si. The number of benzene rings is 1. The van der Waals surface area contributed by atoms with E-state index in [1.54, 1.807) is 12.1 Å². The minimum absolute atomic E-state index is 0.0234. The summed E-state index contributed by atoms with van der Waals surface area (Å²) < 4.78 is 18.8. The highest BCUT2D eigenvalue weighted by Gasteiger charge is 2.14. The molecule has 0 amide bonds. The van der Waals surface area contributed by atoms with Crippen molar-refractivity contribution in [1.29, 1.82) is 0 Å². The summed E-state index contributed by atoms with van der Waals surface area (Å²) in [6.45, 7) is 0.382. The third kappa shape index (κ3) is 3.56. The van der Waals surface area contributed by atoms with E-state index in [9.17, 15) is 9.18 Å². The van der Waals surface area contributed by atoms with E-state index >= 15 is 0 Å². The van der Waals surface area contributed by atoms with Gasteiger partial charge in [-0.25, -0.2) is 9.18 Å². The summed E-state index contributed by atoms with van der Waals surface area (Å²) >= 11 is 1.85. The topological polar surface area (TPSA) is 26.3 Å². The average Bonchev–Trinajstić information content (AvgIpc) is 2.22. The molecule has 1 aromatic carbocycles. The number of halogens is 2. The first-order valence-corrected chi connectivity index (χ1v) is 7.27. The van der Waals surface area contributed by atoms with Crippen LogP contribution in [0.15, 0.2) is 18.2 Å². The number of rotatable bonds is 4. The molecule has 0 atom stereocenters. The molecule has 0 saturated carbocycles. The maximum atomic E-state index is 13.5. The van der Waals surface area contributed by atoms with E-state index in [0.717, 1.165) is 22.7 Å². The fourth-order valence-corrected chi connectivity index (χ4v) is 1.84. The Kier molecular flexibility index (Phi) is 5.24. The molecule has 0 aromatic heterocycles. The number of carbonyl (C=O) groups is 1. The van der Waals surface area contributed by atoms with Gasteiger partial charge in [0.1, 0.15) is 0 Å². The molecule has 0 unspecified atom stereocenters. The van der Waals surface area contributed by atoms with E-state index in [-0.39, 0.29) is 5.56 Å². The van der Waals surface area contributed by atoms with Gasteiger partial charge in [0.2, 0.25) is 0 Å². The van der Waals surface area contributed by atoms with Gasteiger partial charge in [-0.15, -0.1) is 0 Å². The molecule has 0 radical (unpaired) electrons. The van der Waals surface area contributed by atoms with Crippen LogP contribution in [0.4, 0.5) is 4.39 Å². The van der Waals surface area contributed by atoms with E-state index in [2.05, 4.69) is 0 Å². The van der Waals surface area contributed by atoms with Crippen LogP contribution in [0.3, 0.4) is 0 Å². The molecular weight excluding hydrogens is 326 g/mol. The molecule has 2 nitrogen and oxygen atoms in total. The van der Waals surface area contributed by atoms with Gasteiger partial charge < -0.3 is 4.74 Å². The Balaban J connectivity index is 2.69. The lowest BCUT2D eigenvalue weighted by atomic mass is 10.2. The highest BCUT2D eigenvalue weighted by atomic mass is 127. The van der Waals surface area contributed by atoms with E-state index in [1.807, 2.05) is 22.6 Å². The number of hydrogen-bond donors (Lipinski definition) is 0. The second-order valence-corrected chi connectivity index (χ2v) is 5.25. The molecule has 0 fully saturated rings. The quantitative estimate of drug-likeness (QED) is 0.362. The molecule has 0 bridgehead atoms. The largest absolute Gasteiger partial charge is 0.462 e. The zero-order valence-corrected chi connectivity index (χ0v) is 12.6. The summed E-state index contributed by atoms with van der Waals surface area (Å²) in [4.78, 5) is 11.4. The van der Waals surface area contributed by atoms with E-state index in [1.165, 1.54) is 6.07 Å². The van der Waals surface area contributed by atoms with Gasteiger partial charge in [-0.2, -0.15) is 0 Å². The van der Waals surface area contributed by atoms with Gasteiger partial charge >= 0.3 is 5.97 Å². The Morgan fingerprint density at radius 2 is 2.27 bits per heavy atom. The Morgan fingerprint density at radius 1 is 1.53 bits per heavy atom. The molecule has 1 rings (SSSR count). The van der Waals surface area contributed by atoms with Crippen molar-refractivity contribution < 1.29 is 13.9 Å². The fraction of sp³-hybridized carbons (Fsp3) is 0.300. The number of ether oxygens (including phenoxy) is 1. The second-order valence-electron chi connectivity index (χ2n) is 3.09. The molecule has 0 N–H and O–H groups in total. The minimum atomic E-state index is -0.568. The maximum Gasteiger partial charge on any atom is 0.341 e. The van der Waals surface area contributed by atoms with E-state index in [4.69, 9.17) is 4.74 Å². The van der Waals surface area contributed by atoms with Gasteiger partial charge in [0, 0.05) is 13.8 Å². The summed E-state index contributed by atoms with van der Waals surface area (Å²) in [5, 5.41) is 0. The molecule has 82 valence electrons. The zero-order valence-electron chi connectivity index (χ0n) is 8.43. The van der Waals surface area contributed by atoms with Crippen molar-refractivity contribution in [1.82, 2.24) is 0 Å². The van der Waals surface area contributed by atoms with Crippen LogP contribution < -0.4 is 0 Å². The Bertz CT molecular complexity index is 357. The summed E-state index contributed by atoms with van der Waals surface area (Å²) in [7, 11) is 1.10. The van der Waals surface area contributed by atoms with Crippen LogP contribution in [0, 0.1) is 9.39 Å². The van der Waals surface area contributed by atoms with Crippen molar-refractivity contribution in [2.24, 2.45) is 0 Å². The molecule has 15 heavy (non-hydrogen) atoms. The van der Waals surface area contributed by atoms with Crippen molar-refractivity contribution in [2.45, 2.75) is 12.5 Å². The van der Waals surface area contributed by atoms with E-state index < -0.39 is 11.8 Å². The first-order valence-electron chi connectivity index (χ1n) is 4.78. The second kappa shape index (κ2) is 6.22. The van der Waals surface area contributed by atoms with Crippen LogP contribution in [0.1, 0.15) is 16.8 Å². The van der Waals surface area contributed by atoms with Crippen molar-refractivity contribution >= 4 is 38.8 Å². The van der Waals surface area contributed by atoms with Crippen LogP contribution >= 0.6 is 22.6 Å². The van der Waals surface area contributed by atoms with Crippen LogP contribution in [0.25, 0.3) is 0 Å². The SMILES string of the molecule is O=C(OCCC[SiH3])c1cccc(I)c1F. The Hall–Kier alpha value is -0.433. The summed E-state index contributed by atoms with van der Waals surface area (Å²) in [6.07, 6.45) is 0.865. The number of carbonyl (C=O) groups excluding carboxylic acids is 1. The average molecular weight is 338 g/mol. The monoisotopic (exact) mass is 338 g/mol. The van der Waals surface area contributed by atoms with Crippen LogP contribution in [0.5, 0.6) is 0 Å². The molecule has 1 aromatic rings. The van der Waals surface area contributed by atoms with Crippen LogP contribution in [0.2, 0.25) is 6.04 Å². The van der Waals surface area contributed by atoms with Crippen LogP contribution in [-0.2, 0) is 4.74 Å². The Morgan fingerprint density at radius 3 is 2.93 bits per heavy atom. The summed E-state index contributed by atoms with van der Waals surface area (Å²) in [6, 6.07) is 5.79. The van der Waals surface area contributed by atoms with Gasteiger partial charge in [0.25, 0.3) is 0 Å². The third-order valence-corrected chi connectivity index (χ3v) is 3.44. The molecule has 0 saturated heterocycles. The lowest BCUT2D eigenvalue weighted by molar-refractivity contribution is 0.0500. The standard InChI is InChI=1S/C10H12FIO2Si/c11-9-7(3-1-4-8(9)12)10(13)14-5-2-6-15/h1,3-4H,2,5-6H2,15H3. The highest BCUT2D eigenvalue weighted by molar-refractivity contribution is 14.1. The summed E-state index contributed by atoms with van der Waals surface area (Å²) in [5.74, 6) is -1.06. The molecule has 0 aliphatic carbocycles. The number of esters is 1. The molecule has 0 heterocycles. The third-order valence-electron chi connectivity index (χ3n) is 1.90. The van der Waals surface area contributed by atoms with Crippen molar-refractivity contribution in [3.63, 3.8) is 0 Å². The van der Waals surface area contributed by atoms with Crippen molar-refractivity contribution in [2.75, 3.05) is 6.61 Å². The van der Waals surface area contributed by atoms with Crippen LogP contribution in [-0.4, -0.2) is 22.8 Å². The lowest BCUT2D eigenvalue weighted by Gasteiger charge is -2.05. The molecule has 0 aliphatic rings. The maximum absolute atomic E-state index is 13.5. The zero-order chi connectivity index (χ0) is 11.3. The van der Waals surface area contributed by atoms with Crippen molar-refractivity contribution in [3.8, 4) is 0 Å². The lowest BCUT2D eigenvalue weighted by Crippen LogP contribution is -2.09. The molecule has 0 spiro atoms. The van der Waals surface area contributed by atoms with Gasteiger partial charge in [-0.1, -0.05) is 12.1 Å². The first kappa shape index (κ1) is 12.6. The molecule has 0 aliphatic heterocycles. The van der Waals surface area contributed by atoms with Gasteiger partial charge in [0.05, 0.1) is 12.2 Å².